The smallest absolute Gasteiger partial charge is 0.313 e. The highest BCUT2D eigenvalue weighted by atomic mass is 16.5. The van der Waals surface area contributed by atoms with Crippen LogP contribution in [-0.4, -0.2) is 21.7 Å². The fraction of sp³-hybridized carbons (Fsp3) is 0.692. The lowest BCUT2D eigenvalue weighted by atomic mass is 10.0. The van der Waals surface area contributed by atoms with Gasteiger partial charge in [0.05, 0.1) is 5.54 Å². The van der Waals surface area contributed by atoms with Gasteiger partial charge in [0.15, 0.2) is 0 Å². The van der Waals surface area contributed by atoms with Crippen LogP contribution in [0, 0.1) is 0 Å². The third-order valence-corrected chi connectivity index (χ3v) is 3.87. The number of aromatic nitrogens is 2. The van der Waals surface area contributed by atoms with Crippen LogP contribution < -0.4 is 16.0 Å². The molecule has 98 valence electrons. The van der Waals surface area contributed by atoms with Gasteiger partial charge in [0.2, 0.25) is 0 Å². The van der Waals surface area contributed by atoms with Gasteiger partial charge in [-0.15, -0.1) is 0 Å². The summed E-state index contributed by atoms with van der Waals surface area (Å²) in [6.07, 6.45) is 9.75. The van der Waals surface area contributed by atoms with Crippen LogP contribution in [0.5, 0.6) is 5.88 Å². The van der Waals surface area contributed by atoms with E-state index in [2.05, 4.69) is 4.98 Å². The number of rotatable bonds is 4. The number of ether oxygens (including phenoxy) is 1. The van der Waals surface area contributed by atoms with Gasteiger partial charge in [-0.3, -0.25) is 4.79 Å². The van der Waals surface area contributed by atoms with E-state index in [0.717, 1.165) is 38.5 Å². The monoisotopic (exact) mass is 249 g/mol. The molecule has 2 fully saturated rings. The molecule has 0 aliphatic heterocycles. The maximum Gasteiger partial charge on any atom is 0.313 e. The largest absolute Gasteiger partial charge is 0.472 e. The van der Waals surface area contributed by atoms with Crippen LogP contribution in [0.4, 0.5) is 0 Å². The Morgan fingerprint density at radius 2 is 2.17 bits per heavy atom. The number of hydrogen-bond donors (Lipinski definition) is 1. The molecule has 1 heterocycles. The minimum absolute atomic E-state index is 0.124. The molecular weight excluding hydrogens is 230 g/mol. The van der Waals surface area contributed by atoms with Crippen molar-refractivity contribution < 1.29 is 4.74 Å². The zero-order valence-electron chi connectivity index (χ0n) is 10.5. The maximum atomic E-state index is 12.1. The van der Waals surface area contributed by atoms with E-state index in [9.17, 15) is 4.79 Å². The topological polar surface area (TPSA) is 70.1 Å². The Balaban J connectivity index is 1.72. The summed E-state index contributed by atoms with van der Waals surface area (Å²) in [6, 6.07) is 0.348. The van der Waals surface area contributed by atoms with Crippen molar-refractivity contribution in [2.75, 3.05) is 6.61 Å². The summed E-state index contributed by atoms with van der Waals surface area (Å²) in [4.78, 5) is 16.1. The molecule has 1 aromatic heterocycles. The van der Waals surface area contributed by atoms with Crippen LogP contribution in [0.15, 0.2) is 17.2 Å². The third kappa shape index (κ3) is 2.27. The lowest BCUT2D eigenvalue weighted by Crippen LogP contribution is -2.43. The molecule has 1 aromatic rings. The molecule has 0 amide bonds. The first-order valence-electron chi connectivity index (χ1n) is 6.67. The zero-order chi connectivity index (χ0) is 12.6. The summed E-state index contributed by atoms with van der Waals surface area (Å²) in [5, 5.41) is 0. The van der Waals surface area contributed by atoms with E-state index in [-0.39, 0.29) is 17.0 Å². The predicted molar refractivity (Wildman–Crippen MR) is 67.6 cm³/mol. The van der Waals surface area contributed by atoms with Crippen molar-refractivity contribution >= 4 is 0 Å². The molecule has 0 aromatic carbocycles. The van der Waals surface area contributed by atoms with Gasteiger partial charge in [-0.05, 0) is 25.7 Å². The Labute approximate surface area is 106 Å². The predicted octanol–water partition coefficient (Wildman–Crippen LogP) is 1.23. The Bertz CT molecular complexity index is 487. The highest BCUT2D eigenvalue weighted by molar-refractivity contribution is 5.08. The molecule has 0 atom stereocenters. The summed E-state index contributed by atoms with van der Waals surface area (Å²) in [5.74, 6) is 0.195. The summed E-state index contributed by atoms with van der Waals surface area (Å²) < 4.78 is 7.30. The average molecular weight is 249 g/mol. The van der Waals surface area contributed by atoms with E-state index in [4.69, 9.17) is 10.5 Å². The standard InChI is InChI=1S/C13H19N3O2/c14-13(5-1-2-6-13)9-18-11-12(17)16(8-7-15-11)10-3-4-10/h7-8,10H,1-6,9,14H2. The normalized spacial score (nSPS) is 22.1. The van der Waals surface area contributed by atoms with E-state index in [1.807, 2.05) is 0 Å². The first-order valence-corrected chi connectivity index (χ1v) is 6.67. The Morgan fingerprint density at radius 1 is 1.44 bits per heavy atom. The fourth-order valence-corrected chi connectivity index (χ4v) is 2.58. The van der Waals surface area contributed by atoms with Gasteiger partial charge >= 0.3 is 5.56 Å². The molecule has 2 N–H and O–H groups in total. The molecule has 5 heteroatoms. The van der Waals surface area contributed by atoms with Gasteiger partial charge in [0.25, 0.3) is 5.88 Å². The molecule has 0 saturated heterocycles. The third-order valence-electron chi connectivity index (χ3n) is 3.87. The lowest BCUT2D eigenvalue weighted by molar-refractivity contribution is 0.209. The van der Waals surface area contributed by atoms with E-state index in [1.165, 1.54) is 0 Å². The van der Waals surface area contributed by atoms with Crippen molar-refractivity contribution in [3.8, 4) is 5.88 Å². The highest BCUT2D eigenvalue weighted by Crippen LogP contribution is 2.33. The van der Waals surface area contributed by atoms with Crippen LogP contribution in [0.1, 0.15) is 44.6 Å². The van der Waals surface area contributed by atoms with E-state index >= 15 is 0 Å². The maximum absolute atomic E-state index is 12.1. The van der Waals surface area contributed by atoms with Crippen molar-refractivity contribution in [1.82, 2.24) is 9.55 Å². The van der Waals surface area contributed by atoms with Crippen molar-refractivity contribution in [2.45, 2.75) is 50.1 Å². The molecule has 0 unspecified atom stereocenters. The van der Waals surface area contributed by atoms with Gasteiger partial charge < -0.3 is 15.0 Å². The van der Waals surface area contributed by atoms with Crippen molar-refractivity contribution in [2.24, 2.45) is 5.73 Å². The second-order valence-corrected chi connectivity index (χ2v) is 5.53. The number of nitrogens with two attached hydrogens (primary N) is 1. The van der Waals surface area contributed by atoms with Gasteiger partial charge in [0, 0.05) is 18.4 Å². The molecular formula is C13H19N3O2. The van der Waals surface area contributed by atoms with E-state index < -0.39 is 0 Å². The Hall–Kier alpha value is -1.36. The van der Waals surface area contributed by atoms with Crippen LogP contribution in [0.2, 0.25) is 0 Å². The van der Waals surface area contributed by atoms with Crippen LogP contribution in [-0.2, 0) is 0 Å². The van der Waals surface area contributed by atoms with Crippen LogP contribution >= 0.6 is 0 Å². The Kier molecular flexibility index (Phi) is 2.86. The van der Waals surface area contributed by atoms with E-state index in [1.54, 1.807) is 17.0 Å². The molecule has 0 radical (unpaired) electrons. The second kappa shape index (κ2) is 4.39. The lowest BCUT2D eigenvalue weighted by Gasteiger charge is -2.22. The quantitative estimate of drug-likeness (QED) is 0.871. The molecule has 0 spiro atoms. The zero-order valence-corrected chi connectivity index (χ0v) is 10.5. The van der Waals surface area contributed by atoms with Gasteiger partial charge in [-0.1, -0.05) is 12.8 Å². The van der Waals surface area contributed by atoms with Crippen LogP contribution in [0.25, 0.3) is 0 Å². The molecule has 18 heavy (non-hydrogen) atoms. The second-order valence-electron chi connectivity index (χ2n) is 5.53. The Morgan fingerprint density at radius 3 is 2.83 bits per heavy atom. The van der Waals surface area contributed by atoms with Crippen molar-refractivity contribution in [3.05, 3.63) is 22.7 Å². The molecule has 2 aliphatic rings. The number of nitrogens with zero attached hydrogens (tertiary/aromatic N) is 2. The molecule has 5 nitrogen and oxygen atoms in total. The molecule has 2 saturated carbocycles. The first kappa shape index (κ1) is 11.7. The highest BCUT2D eigenvalue weighted by Gasteiger charge is 2.31. The molecule has 0 bridgehead atoms. The summed E-state index contributed by atoms with van der Waals surface area (Å²) in [7, 11) is 0. The minimum Gasteiger partial charge on any atom is -0.472 e. The van der Waals surface area contributed by atoms with Gasteiger partial charge in [-0.25, -0.2) is 4.98 Å². The van der Waals surface area contributed by atoms with Crippen molar-refractivity contribution in [3.63, 3.8) is 0 Å². The summed E-state index contributed by atoms with van der Waals surface area (Å²) in [6.45, 7) is 0.393. The first-order chi connectivity index (χ1) is 8.68. The number of hydrogen-bond acceptors (Lipinski definition) is 4. The molecule has 2 aliphatic carbocycles. The van der Waals surface area contributed by atoms with E-state index in [0.29, 0.717) is 12.6 Å². The summed E-state index contributed by atoms with van der Waals surface area (Å²) >= 11 is 0. The SMILES string of the molecule is NC1(COc2nccn(C3CC3)c2=O)CCCC1. The summed E-state index contributed by atoms with van der Waals surface area (Å²) in [5.41, 5.74) is 5.81. The van der Waals surface area contributed by atoms with Crippen LogP contribution in [0.3, 0.4) is 0 Å². The van der Waals surface area contributed by atoms with Gasteiger partial charge in [-0.2, -0.15) is 0 Å². The minimum atomic E-state index is -0.269. The van der Waals surface area contributed by atoms with Crippen molar-refractivity contribution in [1.29, 1.82) is 0 Å². The molecule has 3 rings (SSSR count). The average Bonchev–Trinajstić information content (AvgIpc) is 3.11. The van der Waals surface area contributed by atoms with Gasteiger partial charge in [0.1, 0.15) is 6.61 Å². The fourth-order valence-electron chi connectivity index (χ4n) is 2.58.